The molecular formula is C12H13FN2O. The molecule has 0 spiro atoms. The van der Waals surface area contributed by atoms with Crippen LogP contribution < -0.4 is 4.90 Å². The van der Waals surface area contributed by atoms with Crippen LogP contribution in [-0.4, -0.2) is 20.2 Å². The first-order valence-corrected chi connectivity index (χ1v) is 5.16. The Morgan fingerprint density at radius 3 is 2.62 bits per heavy atom. The largest absolute Gasteiger partial charge is 0.377 e. The molecular weight excluding hydrogens is 207 g/mol. The average Bonchev–Trinajstić information content (AvgIpc) is 2.98. The van der Waals surface area contributed by atoms with Gasteiger partial charge in [-0.15, -0.1) is 0 Å². The number of halogens is 1. The van der Waals surface area contributed by atoms with Crippen LogP contribution in [0.4, 0.5) is 10.1 Å². The van der Waals surface area contributed by atoms with Gasteiger partial charge in [-0.2, -0.15) is 4.99 Å². The van der Waals surface area contributed by atoms with Gasteiger partial charge < -0.3 is 4.90 Å². The lowest BCUT2D eigenvalue weighted by molar-refractivity contribution is 0.547. The first-order valence-electron chi connectivity index (χ1n) is 5.16. The number of carbonyl (C=O) groups excluding carboxylic acids is 1. The van der Waals surface area contributed by atoms with Crippen LogP contribution >= 0.6 is 0 Å². The van der Waals surface area contributed by atoms with Crippen LogP contribution in [0.1, 0.15) is 18.4 Å². The monoisotopic (exact) mass is 220 g/mol. The number of nitrogens with zero attached hydrogens (tertiary/aromatic N) is 2. The van der Waals surface area contributed by atoms with Crippen molar-refractivity contribution >= 4 is 11.8 Å². The van der Waals surface area contributed by atoms with Gasteiger partial charge in [-0.25, -0.2) is 9.18 Å². The Labute approximate surface area is 93.6 Å². The molecule has 1 fully saturated rings. The van der Waals surface area contributed by atoms with E-state index in [9.17, 15) is 9.18 Å². The molecule has 84 valence electrons. The van der Waals surface area contributed by atoms with E-state index in [-0.39, 0.29) is 5.82 Å². The predicted octanol–water partition coefficient (Wildman–Crippen LogP) is 2.22. The lowest BCUT2D eigenvalue weighted by atomic mass is 10.0. The van der Waals surface area contributed by atoms with E-state index in [1.54, 1.807) is 12.1 Å². The molecule has 4 heteroatoms. The normalized spacial score (nSPS) is 16.4. The molecule has 0 aliphatic heterocycles. The lowest BCUT2D eigenvalue weighted by Crippen LogP contribution is -2.17. The van der Waals surface area contributed by atoms with Crippen molar-refractivity contribution in [3.63, 3.8) is 0 Å². The van der Waals surface area contributed by atoms with Gasteiger partial charge in [0, 0.05) is 25.3 Å². The first kappa shape index (κ1) is 10.8. The Balaban J connectivity index is 2.59. The summed E-state index contributed by atoms with van der Waals surface area (Å²) < 4.78 is 13.9. The second-order valence-corrected chi connectivity index (χ2v) is 4.26. The molecule has 0 amide bonds. The van der Waals surface area contributed by atoms with Gasteiger partial charge in [-0.3, -0.25) is 0 Å². The second-order valence-electron chi connectivity index (χ2n) is 4.26. The zero-order chi connectivity index (χ0) is 11.8. The van der Waals surface area contributed by atoms with Crippen LogP contribution in [0.25, 0.3) is 0 Å². The molecule has 0 radical (unpaired) electrons. The number of hydrogen-bond donors (Lipinski definition) is 0. The average molecular weight is 220 g/mol. The second kappa shape index (κ2) is 3.72. The molecule has 0 saturated heterocycles. The molecule has 3 nitrogen and oxygen atoms in total. The van der Waals surface area contributed by atoms with Crippen LogP contribution in [0, 0.1) is 5.82 Å². The fraction of sp³-hybridized carbons (Fsp3) is 0.417. The zero-order valence-electron chi connectivity index (χ0n) is 9.33. The van der Waals surface area contributed by atoms with Gasteiger partial charge in [0.05, 0.1) is 0 Å². The minimum Gasteiger partial charge on any atom is -0.377 e. The van der Waals surface area contributed by atoms with Crippen LogP contribution in [0.3, 0.4) is 0 Å². The maximum absolute atomic E-state index is 13.9. The van der Waals surface area contributed by atoms with Crippen molar-refractivity contribution in [1.82, 2.24) is 0 Å². The molecule has 0 unspecified atom stereocenters. The summed E-state index contributed by atoms with van der Waals surface area (Å²) in [6.45, 7) is 0. The van der Waals surface area contributed by atoms with Gasteiger partial charge in [-0.1, -0.05) is 6.07 Å². The van der Waals surface area contributed by atoms with E-state index in [0.29, 0.717) is 18.4 Å². The van der Waals surface area contributed by atoms with Crippen LogP contribution in [0.15, 0.2) is 23.2 Å². The summed E-state index contributed by atoms with van der Waals surface area (Å²) in [5, 5.41) is 0. The highest BCUT2D eigenvalue weighted by atomic mass is 19.1. The highest BCUT2D eigenvalue weighted by Gasteiger charge is 2.48. The number of hydrogen-bond acceptors (Lipinski definition) is 3. The molecule has 1 aromatic rings. The first-order chi connectivity index (χ1) is 7.60. The highest BCUT2D eigenvalue weighted by Crippen LogP contribution is 2.52. The summed E-state index contributed by atoms with van der Waals surface area (Å²) in [5.41, 5.74) is 0.632. The van der Waals surface area contributed by atoms with E-state index in [1.807, 2.05) is 25.1 Å². The third-order valence-electron chi connectivity index (χ3n) is 2.92. The molecule has 0 N–H and O–H groups in total. The molecule has 0 aromatic heterocycles. The van der Waals surface area contributed by atoms with Crippen molar-refractivity contribution in [2.24, 2.45) is 4.99 Å². The Hall–Kier alpha value is -1.67. The molecule has 0 heterocycles. The maximum Gasteiger partial charge on any atom is 0.235 e. The third-order valence-corrected chi connectivity index (χ3v) is 2.92. The summed E-state index contributed by atoms with van der Waals surface area (Å²) in [7, 11) is 3.69. The number of rotatable bonds is 3. The Morgan fingerprint density at radius 1 is 1.44 bits per heavy atom. The molecule has 1 aromatic carbocycles. The highest BCUT2D eigenvalue weighted by molar-refractivity contribution is 5.59. The molecule has 1 aliphatic rings. The molecule has 16 heavy (non-hydrogen) atoms. The summed E-state index contributed by atoms with van der Waals surface area (Å²) in [5.74, 6) is -0.303. The van der Waals surface area contributed by atoms with E-state index < -0.39 is 5.54 Å². The molecule has 1 saturated carbocycles. The summed E-state index contributed by atoms with van der Waals surface area (Å²) >= 11 is 0. The minimum absolute atomic E-state index is 0.303. The maximum atomic E-state index is 13.9. The van der Waals surface area contributed by atoms with E-state index in [4.69, 9.17) is 0 Å². The van der Waals surface area contributed by atoms with E-state index in [2.05, 4.69) is 4.99 Å². The minimum atomic E-state index is -0.660. The molecule has 1 aliphatic carbocycles. The van der Waals surface area contributed by atoms with Gasteiger partial charge in [0.2, 0.25) is 6.08 Å². The molecule has 0 atom stereocenters. The van der Waals surface area contributed by atoms with E-state index >= 15 is 0 Å². The van der Waals surface area contributed by atoms with Gasteiger partial charge in [0.15, 0.2) is 0 Å². The van der Waals surface area contributed by atoms with Crippen molar-refractivity contribution in [3.05, 3.63) is 29.6 Å². The number of anilines is 1. The Bertz CT molecular complexity index is 460. The predicted molar refractivity (Wildman–Crippen MR) is 59.8 cm³/mol. The Morgan fingerprint density at radius 2 is 2.12 bits per heavy atom. The van der Waals surface area contributed by atoms with Crippen molar-refractivity contribution in [2.45, 2.75) is 18.4 Å². The van der Waals surface area contributed by atoms with Crippen molar-refractivity contribution < 1.29 is 9.18 Å². The fourth-order valence-corrected chi connectivity index (χ4v) is 1.97. The van der Waals surface area contributed by atoms with Crippen molar-refractivity contribution in [2.75, 3.05) is 19.0 Å². The molecule has 2 rings (SSSR count). The van der Waals surface area contributed by atoms with Crippen LogP contribution in [-0.2, 0) is 10.3 Å². The number of aliphatic imine (C=N–C) groups is 1. The van der Waals surface area contributed by atoms with E-state index in [0.717, 1.165) is 5.69 Å². The summed E-state index contributed by atoms with van der Waals surface area (Å²) in [6, 6.07) is 4.90. The number of isocyanates is 1. The fourth-order valence-electron chi connectivity index (χ4n) is 1.97. The lowest BCUT2D eigenvalue weighted by Gasteiger charge is -2.21. The van der Waals surface area contributed by atoms with Crippen LogP contribution in [0.2, 0.25) is 0 Å². The van der Waals surface area contributed by atoms with Gasteiger partial charge >= 0.3 is 0 Å². The zero-order valence-corrected chi connectivity index (χ0v) is 9.33. The topological polar surface area (TPSA) is 32.7 Å². The molecule has 0 bridgehead atoms. The smallest absolute Gasteiger partial charge is 0.235 e. The Kier molecular flexibility index (Phi) is 2.52. The summed E-state index contributed by atoms with van der Waals surface area (Å²) in [6.07, 6.45) is 2.98. The van der Waals surface area contributed by atoms with Gasteiger partial charge in [-0.05, 0) is 25.0 Å². The third kappa shape index (κ3) is 1.61. The SMILES string of the molecule is CN(C)c1cccc(F)c1C1(N=C=O)CC1. The number of benzene rings is 1. The van der Waals surface area contributed by atoms with Gasteiger partial charge in [0.25, 0.3) is 0 Å². The van der Waals surface area contributed by atoms with Crippen LogP contribution in [0.5, 0.6) is 0 Å². The quantitative estimate of drug-likeness (QED) is 0.578. The van der Waals surface area contributed by atoms with Gasteiger partial charge in [0.1, 0.15) is 11.4 Å². The van der Waals surface area contributed by atoms with Crippen molar-refractivity contribution in [3.8, 4) is 0 Å². The summed E-state index contributed by atoms with van der Waals surface area (Å²) in [4.78, 5) is 16.0. The van der Waals surface area contributed by atoms with Crippen molar-refractivity contribution in [1.29, 1.82) is 0 Å². The van der Waals surface area contributed by atoms with E-state index in [1.165, 1.54) is 6.07 Å². The standard InChI is InChI=1S/C12H13FN2O/c1-15(2)10-5-3-4-9(13)11(10)12(6-7-12)14-8-16/h3-5H,6-7H2,1-2H3.